The summed E-state index contributed by atoms with van der Waals surface area (Å²) in [6, 6.07) is 9.01. The van der Waals surface area contributed by atoms with Gasteiger partial charge in [-0.15, -0.1) is 0 Å². The van der Waals surface area contributed by atoms with Crippen LogP contribution in [-0.2, 0) is 0 Å². The molecule has 0 aliphatic carbocycles. The van der Waals surface area contributed by atoms with Crippen LogP contribution in [0.3, 0.4) is 0 Å². The molecular weight excluding hydrogens is 218 g/mol. The molecule has 2 nitrogen and oxygen atoms in total. The third-order valence-corrected chi connectivity index (χ3v) is 3.74. The average Bonchev–Trinajstić information content (AvgIpc) is 2.38. The van der Waals surface area contributed by atoms with E-state index in [-0.39, 0.29) is 0 Å². The Morgan fingerprint density at radius 3 is 2.81 bits per heavy atom. The molecule has 1 N–H and O–H groups in total. The van der Waals surface area contributed by atoms with Gasteiger partial charge in [-0.05, 0) is 24.1 Å². The molecule has 1 atom stereocenters. The van der Waals surface area contributed by atoms with E-state index in [4.69, 9.17) is 4.74 Å². The second kappa shape index (κ2) is 6.16. The van der Waals surface area contributed by atoms with Gasteiger partial charge >= 0.3 is 0 Å². The molecule has 3 heteroatoms. The number of hydrogen-bond donors (Lipinski definition) is 1. The highest BCUT2D eigenvalue weighted by Crippen LogP contribution is 2.23. The molecule has 1 aliphatic heterocycles. The lowest BCUT2D eigenvalue weighted by molar-refractivity contribution is 0.317. The molecule has 1 saturated heterocycles. The zero-order valence-corrected chi connectivity index (χ0v) is 10.6. The number of thioether (sulfide) groups is 1. The van der Waals surface area contributed by atoms with Crippen LogP contribution < -0.4 is 10.1 Å². The molecule has 1 aromatic rings. The standard InChI is InChI=1S/C13H19NOS/c1-2-8-15-12-5-3-11(4-6-12)13-10-16-9-7-14-13/h3-6,13-14H,2,7-10H2,1H3. The van der Waals surface area contributed by atoms with Gasteiger partial charge in [-0.2, -0.15) is 11.8 Å². The Morgan fingerprint density at radius 2 is 2.19 bits per heavy atom. The number of rotatable bonds is 4. The van der Waals surface area contributed by atoms with Crippen molar-refractivity contribution in [2.45, 2.75) is 19.4 Å². The Labute approximate surface area is 102 Å². The van der Waals surface area contributed by atoms with Crippen LogP contribution >= 0.6 is 11.8 Å². The minimum absolute atomic E-state index is 0.513. The summed E-state index contributed by atoms with van der Waals surface area (Å²) in [5.74, 6) is 3.39. The highest BCUT2D eigenvalue weighted by Gasteiger charge is 2.14. The van der Waals surface area contributed by atoms with E-state index in [9.17, 15) is 0 Å². The summed E-state index contributed by atoms with van der Waals surface area (Å²) in [6.45, 7) is 4.04. The van der Waals surface area contributed by atoms with Crippen LogP contribution in [0, 0.1) is 0 Å². The number of benzene rings is 1. The van der Waals surface area contributed by atoms with Crippen molar-refractivity contribution in [3.05, 3.63) is 29.8 Å². The Bertz CT molecular complexity index is 306. The molecule has 1 heterocycles. The topological polar surface area (TPSA) is 21.3 Å². The molecule has 0 radical (unpaired) electrons. The van der Waals surface area contributed by atoms with Crippen LogP contribution in [0.25, 0.3) is 0 Å². The van der Waals surface area contributed by atoms with Crippen LogP contribution in [0.2, 0.25) is 0 Å². The lowest BCUT2D eigenvalue weighted by atomic mass is 10.1. The Hall–Kier alpha value is -0.670. The molecule has 88 valence electrons. The highest BCUT2D eigenvalue weighted by molar-refractivity contribution is 7.99. The Morgan fingerprint density at radius 1 is 1.38 bits per heavy atom. The normalized spacial score (nSPS) is 20.7. The van der Waals surface area contributed by atoms with Crippen molar-refractivity contribution in [1.82, 2.24) is 5.32 Å². The van der Waals surface area contributed by atoms with Crippen molar-refractivity contribution in [3.63, 3.8) is 0 Å². The minimum atomic E-state index is 0.513. The van der Waals surface area contributed by atoms with Crippen molar-refractivity contribution in [1.29, 1.82) is 0 Å². The van der Waals surface area contributed by atoms with Crippen molar-refractivity contribution in [3.8, 4) is 5.75 Å². The molecule has 0 aromatic heterocycles. The fourth-order valence-corrected chi connectivity index (χ4v) is 2.77. The first-order chi connectivity index (χ1) is 7.90. The third kappa shape index (κ3) is 3.16. The highest BCUT2D eigenvalue weighted by atomic mass is 32.2. The zero-order chi connectivity index (χ0) is 11.2. The number of ether oxygens (including phenoxy) is 1. The molecule has 0 saturated carbocycles. The predicted octanol–water partition coefficient (Wildman–Crippen LogP) is 2.85. The predicted molar refractivity (Wildman–Crippen MR) is 70.3 cm³/mol. The molecule has 0 amide bonds. The van der Waals surface area contributed by atoms with E-state index < -0.39 is 0 Å². The van der Waals surface area contributed by atoms with Crippen molar-refractivity contribution < 1.29 is 4.74 Å². The molecule has 16 heavy (non-hydrogen) atoms. The second-order valence-corrected chi connectivity index (χ2v) is 5.15. The van der Waals surface area contributed by atoms with E-state index >= 15 is 0 Å². The third-order valence-electron chi connectivity index (χ3n) is 2.68. The van der Waals surface area contributed by atoms with E-state index in [1.165, 1.54) is 17.1 Å². The summed E-state index contributed by atoms with van der Waals surface area (Å²) >= 11 is 2.02. The van der Waals surface area contributed by atoms with E-state index in [0.29, 0.717) is 6.04 Å². The fraction of sp³-hybridized carbons (Fsp3) is 0.538. The molecular formula is C13H19NOS. The quantitative estimate of drug-likeness (QED) is 0.870. The van der Waals surface area contributed by atoms with Gasteiger partial charge < -0.3 is 10.1 Å². The maximum atomic E-state index is 5.57. The molecule has 1 unspecified atom stereocenters. The smallest absolute Gasteiger partial charge is 0.119 e. The van der Waals surface area contributed by atoms with Gasteiger partial charge in [0.2, 0.25) is 0 Å². The van der Waals surface area contributed by atoms with E-state index in [1.54, 1.807) is 0 Å². The van der Waals surface area contributed by atoms with Crippen LogP contribution in [0.5, 0.6) is 5.75 Å². The minimum Gasteiger partial charge on any atom is -0.494 e. The Kier molecular flexibility index (Phi) is 4.55. The molecule has 1 aromatic carbocycles. The van der Waals surface area contributed by atoms with E-state index in [1.807, 2.05) is 11.8 Å². The van der Waals surface area contributed by atoms with Gasteiger partial charge in [-0.1, -0.05) is 19.1 Å². The lowest BCUT2D eigenvalue weighted by Crippen LogP contribution is -2.30. The van der Waals surface area contributed by atoms with Gasteiger partial charge in [-0.25, -0.2) is 0 Å². The van der Waals surface area contributed by atoms with Gasteiger partial charge in [-0.3, -0.25) is 0 Å². The first-order valence-electron chi connectivity index (χ1n) is 5.94. The van der Waals surface area contributed by atoms with E-state index in [0.717, 1.165) is 25.3 Å². The summed E-state index contributed by atoms with van der Waals surface area (Å²) in [5, 5.41) is 3.54. The van der Waals surface area contributed by atoms with Crippen molar-refractivity contribution in [2.24, 2.45) is 0 Å². The zero-order valence-electron chi connectivity index (χ0n) is 9.74. The SMILES string of the molecule is CCCOc1ccc(C2CSCCN2)cc1. The van der Waals surface area contributed by atoms with Crippen LogP contribution in [0.15, 0.2) is 24.3 Å². The van der Waals surface area contributed by atoms with Gasteiger partial charge in [0.15, 0.2) is 0 Å². The molecule has 1 aliphatic rings. The van der Waals surface area contributed by atoms with Crippen LogP contribution in [0.1, 0.15) is 24.9 Å². The fourth-order valence-electron chi connectivity index (χ4n) is 1.80. The number of nitrogens with one attached hydrogen (secondary N) is 1. The molecule has 0 spiro atoms. The van der Waals surface area contributed by atoms with Crippen molar-refractivity contribution in [2.75, 3.05) is 24.7 Å². The van der Waals surface area contributed by atoms with Gasteiger partial charge in [0, 0.05) is 24.1 Å². The van der Waals surface area contributed by atoms with Gasteiger partial charge in [0.05, 0.1) is 6.61 Å². The molecule has 2 rings (SSSR count). The average molecular weight is 237 g/mol. The summed E-state index contributed by atoms with van der Waals surface area (Å²) in [7, 11) is 0. The van der Waals surface area contributed by atoms with Gasteiger partial charge in [0.1, 0.15) is 5.75 Å². The summed E-state index contributed by atoms with van der Waals surface area (Å²) < 4.78 is 5.57. The summed E-state index contributed by atoms with van der Waals surface area (Å²) in [4.78, 5) is 0. The first kappa shape index (κ1) is 11.8. The monoisotopic (exact) mass is 237 g/mol. The van der Waals surface area contributed by atoms with Gasteiger partial charge in [0.25, 0.3) is 0 Å². The molecule has 1 fully saturated rings. The maximum absolute atomic E-state index is 5.57. The van der Waals surface area contributed by atoms with Crippen molar-refractivity contribution >= 4 is 11.8 Å². The summed E-state index contributed by atoms with van der Waals surface area (Å²) in [6.07, 6.45) is 1.06. The Balaban J connectivity index is 1.95. The first-order valence-corrected chi connectivity index (χ1v) is 7.09. The largest absolute Gasteiger partial charge is 0.494 e. The lowest BCUT2D eigenvalue weighted by Gasteiger charge is -2.23. The summed E-state index contributed by atoms with van der Waals surface area (Å²) in [5.41, 5.74) is 1.37. The second-order valence-electron chi connectivity index (χ2n) is 4.00. The molecule has 0 bridgehead atoms. The maximum Gasteiger partial charge on any atom is 0.119 e. The van der Waals surface area contributed by atoms with Crippen LogP contribution in [0.4, 0.5) is 0 Å². The van der Waals surface area contributed by atoms with E-state index in [2.05, 4.69) is 36.5 Å². The number of hydrogen-bond acceptors (Lipinski definition) is 3. The van der Waals surface area contributed by atoms with Crippen LogP contribution in [-0.4, -0.2) is 24.7 Å².